The van der Waals surface area contributed by atoms with Gasteiger partial charge in [-0.3, -0.25) is 4.79 Å². The Morgan fingerprint density at radius 1 is 1.05 bits per heavy atom. The van der Waals surface area contributed by atoms with Gasteiger partial charge in [-0.2, -0.15) is 0 Å². The number of benzene rings is 2. The predicted molar refractivity (Wildman–Crippen MR) is 78.4 cm³/mol. The molecule has 1 fully saturated rings. The van der Waals surface area contributed by atoms with E-state index in [-0.39, 0.29) is 29.5 Å². The maximum Gasteiger partial charge on any atom is 0.310 e. The van der Waals surface area contributed by atoms with E-state index in [1.54, 1.807) is 25.1 Å². The number of carbonyl (C=O) groups is 1. The molecule has 0 amide bonds. The summed E-state index contributed by atoms with van der Waals surface area (Å²) in [6.07, 6.45) is 0. The van der Waals surface area contributed by atoms with E-state index in [0.29, 0.717) is 12.2 Å². The number of hydrogen-bond acceptors (Lipinski definition) is 2. The maximum absolute atomic E-state index is 14.0. The molecule has 0 spiro atoms. The Bertz CT molecular complexity index is 639. The lowest BCUT2D eigenvalue weighted by Gasteiger charge is -2.02. The molecular formula is C18H17FO2. The number of hydrogen-bond donors (Lipinski definition) is 0. The Morgan fingerprint density at radius 2 is 1.71 bits per heavy atom. The Hall–Kier alpha value is -2.16. The highest BCUT2D eigenvalue weighted by Gasteiger charge is 2.57. The van der Waals surface area contributed by atoms with Gasteiger partial charge in [-0.25, -0.2) is 4.39 Å². The summed E-state index contributed by atoms with van der Waals surface area (Å²) in [5.74, 6) is -0.908. The van der Waals surface area contributed by atoms with Gasteiger partial charge in [0.25, 0.3) is 0 Å². The minimum Gasteiger partial charge on any atom is -0.466 e. The average Bonchev–Trinajstić information content (AvgIpc) is 3.24. The topological polar surface area (TPSA) is 26.3 Å². The second-order valence-electron chi connectivity index (χ2n) is 5.26. The summed E-state index contributed by atoms with van der Waals surface area (Å²) in [5.41, 5.74) is 1.66. The number of esters is 1. The zero-order chi connectivity index (χ0) is 14.8. The van der Waals surface area contributed by atoms with Gasteiger partial charge < -0.3 is 4.74 Å². The largest absolute Gasteiger partial charge is 0.466 e. The van der Waals surface area contributed by atoms with Gasteiger partial charge in [0.05, 0.1) is 12.5 Å². The Morgan fingerprint density at radius 3 is 2.38 bits per heavy atom. The highest BCUT2D eigenvalue weighted by Crippen LogP contribution is 2.61. The van der Waals surface area contributed by atoms with Crippen LogP contribution in [0.3, 0.4) is 0 Å². The number of halogens is 1. The molecule has 3 heteroatoms. The van der Waals surface area contributed by atoms with Crippen LogP contribution in [0.15, 0.2) is 54.6 Å². The first kappa shape index (κ1) is 13.8. The zero-order valence-electron chi connectivity index (χ0n) is 11.8. The van der Waals surface area contributed by atoms with Crippen LogP contribution in [0.5, 0.6) is 0 Å². The van der Waals surface area contributed by atoms with Crippen molar-refractivity contribution in [2.45, 2.75) is 18.8 Å². The molecule has 2 aromatic carbocycles. The van der Waals surface area contributed by atoms with Gasteiger partial charge in [0.2, 0.25) is 0 Å². The SMILES string of the molecule is CCOC(=O)[C@@H]1[C@H](c2ccccc2)[C@H]1c1ccccc1F. The minimum absolute atomic E-state index is 0.00199. The molecule has 0 aromatic heterocycles. The van der Waals surface area contributed by atoms with E-state index in [0.717, 1.165) is 5.56 Å². The minimum atomic E-state index is -0.288. The highest BCUT2D eigenvalue weighted by atomic mass is 19.1. The van der Waals surface area contributed by atoms with E-state index >= 15 is 0 Å². The van der Waals surface area contributed by atoms with Gasteiger partial charge in [-0.15, -0.1) is 0 Å². The zero-order valence-corrected chi connectivity index (χ0v) is 11.8. The van der Waals surface area contributed by atoms with Crippen LogP contribution in [-0.2, 0) is 9.53 Å². The second-order valence-corrected chi connectivity index (χ2v) is 5.26. The summed E-state index contributed by atoms with van der Waals surface area (Å²) in [6, 6.07) is 16.5. The van der Waals surface area contributed by atoms with Crippen molar-refractivity contribution in [2.75, 3.05) is 6.61 Å². The van der Waals surface area contributed by atoms with Gasteiger partial charge in [-0.1, -0.05) is 48.5 Å². The molecule has 1 aliphatic carbocycles. The van der Waals surface area contributed by atoms with Crippen molar-refractivity contribution in [1.29, 1.82) is 0 Å². The number of rotatable bonds is 4. The Balaban J connectivity index is 1.94. The van der Waals surface area contributed by atoms with E-state index in [9.17, 15) is 9.18 Å². The third kappa shape index (κ3) is 2.56. The molecule has 0 bridgehead atoms. The quantitative estimate of drug-likeness (QED) is 0.796. The normalized spacial score (nSPS) is 23.6. The van der Waals surface area contributed by atoms with Gasteiger partial charge >= 0.3 is 5.97 Å². The number of ether oxygens (including phenoxy) is 1. The highest BCUT2D eigenvalue weighted by molar-refractivity contribution is 5.80. The van der Waals surface area contributed by atoms with Crippen molar-refractivity contribution in [3.8, 4) is 0 Å². The van der Waals surface area contributed by atoms with Crippen molar-refractivity contribution < 1.29 is 13.9 Å². The molecule has 21 heavy (non-hydrogen) atoms. The lowest BCUT2D eigenvalue weighted by Crippen LogP contribution is -2.08. The molecule has 0 unspecified atom stereocenters. The summed E-state index contributed by atoms with van der Waals surface area (Å²) >= 11 is 0. The summed E-state index contributed by atoms with van der Waals surface area (Å²) in [7, 11) is 0. The first-order valence-corrected chi connectivity index (χ1v) is 7.20. The molecule has 0 radical (unpaired) electrons. The van der Waals surface area contributed by atoms with Crippen LogP contribution in [0.2, 0.25) is 0 Å². The molecule has 1 aliphatic rings. The van der Waals surface area contributed by atoms with E-state index in [4.69, 9.17) is 4.74 Å². The van der Waals surface area contributed by atoms with Gasteiger partial charge in [0.15, 0.2) is 0 Å². The van der Waals surface area contributed by atoms with Gasteiger partial charge in [-0.05, 0) is 24.1 Å². The third-order valence-corrected chi connectivity index (χ3v) is 4.03. The van der Waals surface area contributed by atoms with Crippen LogP contribution < -0.4 is 0 Å². The average molecular weight is 284 g/mol. The monoisotopic (exact) mass is 284 g/mol. The summed E-state index contributed by atoms with van der Waals surface area (Å²) in [4.78, 5) is 12.1. The van der Waals surface area contributed by atoms with Crippen LogP contribution in [-0.4, -0.2) is 12.6 Å². The van der Waals surface area contributed by atoms with Crippen LogP contribution >= 0.6 is 0 Å². The van der Waals surface area contributed by atoms with Crippen molar-refractivity contribution in [2.24, 2.45) is 5.92 Å². The van der Waals surface area contributed by atoms with Crippen molar-refractivity contribution in [3.63, 3.8) is 0 Å². The molecule has 3 rings (SSSR count). The fourth-order valence-electron chi connectivity index (χ4n) is 3.06. The van der Waals surface area contributed by atoms with Crippen molar-refractivity contribution in [1.82, 2.24) is 0 Å². The molecule has 2 aromatic rings. The molecule has 0 heterocycles. The van der Waals surface area contributed by atoms with Crippen LogP contribution in [0.1, 0.15) is 29.9 Å². The molecule has 0 aliphatic heterocycles. The molecule has 3 atom stereocenters. The first-order valence-electron chi connectivity index (χ1n) is 7.20. The molecular weight excluding hydrogens is 267 g/mol. The van der Waals surface area contributed by atoms with Crippen LogP contribution in [0, 0.1) is 11.7 Å². The van der Waals surface area contributed by atoms with E-state index < -0.39 is 0 Å². The van der Waals surface area contributed by atoms with Crippen LogP contribution in [0.4, 0.5) is 4.39 Å². The molecule has 108 valence electrons. The Kier molecular flexibility index (Phi) is 3.74. The van der Waals surface area contributed by atoms with Gasteiger partial charge in [0, 0.05) is 11.8 Å². The molecule has 2 nitrogen and oxygen atoms in total. The van der Waals surface area contributed by atoms with Crippen molar-refractivity contribution in [3.05, 3.63) is 71.5 Å². The lowest BCUT2D eigenvalue weighted by atomic mass is 10.0. The molecule has 1 saturated carbocycles. The standard InChI is InChI=1S/C18H17FO2/c1-2-21-18(20)17-15(12-8-4-3-5-9-12)16(17)13-10-6-7-11-14(13)19/h3-11,15-17H,2H2,1H3/t15-,16-,17-/m1/s1. The smallest absolute Gasteiger partial charge is 0.310 e. The summed E-state index contributed by atoms with van der Waals surface area (Å²) < 4.78 is 19.2. The van der Waals surface area contributed by atoms with E-state index in [2.05, 4.69) is 0 Å². The first-order chi connectivity index (χ1) is 10.2. The lowest BCUT2D eigenvalue weighted by molar-refractivity contribution is -0.144. The van der Waals surface area contributed by atoms with Crippen LogP contribution in [0.25, 0.3) is 0 Å². The second kappa shape index (κ2) is 5.68. The summed E-state index contributed by atoms with van der Waals surface area (Å²) in [6.45, 7) is 2.14. The van der Waals surface area contributed by atoms with Gasteiger partial charge in [0.1, 0.15) is 5.82 Å². The van der Waals surface area contributed by atoms with E-state index in [1.807, 2.05) is 30.3 Å². The molecule has 0 saturated heterocycles. The maximum atomic E-state index is 14.0. The fourth-order valence-corrected chi connectivity index (χ4v) is 3.06. The predicted octanol–water partition coefficient (Wildman–Crippen LogP) is 3.89. The number of carbonyl (C=O) groups excluding carboxylic acids is 1. The Labute approximate surface area is 123 Å². The van der Waals surface area contributed by atoms with Crippen molar-refractivity contribution >= 4 is 5.97 Å². The van der Waals surface area contributed by atoms with E-state index in [1.165, 1.54) is 6.07 Å². The third-order valence-electron chi connectivity index (χ3n) is 4.03. The fraction of sp³-hybridized carbons (Fsp3) is 0.278. The molecule has 0 N–H and O–H groups in total. The summed E-state index contributed by atoms with van der Waals surface area (Å²) in [5, 5.41) is 0.